The average Bonchev–Trinajstić information content (AvgIpc) is 2.94. The van der Waals surface area contributed by atoms with Gasteiger partial charge in [0.1, 0.15) is 0 Å². The standard InChI is InChI=1S/C29H23N3O4S2/c1-2-25(29(34)31-23-10-3-5-12-26(23)38-27-13-6-4-11-24(27)31)37-22-9-7-8-20(18-22)30-28(33)19-14-16-21(17-15-19)32(35)36/h3-18,25H,2H2,1H3,(H,30,33). The SMILES string of the molecule is CCC(Sc1cccc(NC(=O)c2ccc([N+](=O)[O-])cc2)c1)C(=O)N1c2ccccc2Sc2ccccc21. The second-order valence-electron chi connectivity index (χ2n) is 8.51. The Morgan fingerprint density at radius 3 is 2.16 bits per heavy atom. The van der Waals surface area contributed by atoms with Crippen molar-refractivity contribution in [3.63, 3.8) is 0 Å². The number of carbonyl (C=O) groups is 2. The zero-order valence-electron chi connectivity index (χ0n) is 20.4. The van der Waals surface area contributed by atoms with Crippen LogP contribution in [0.3, 0.4) is 0 Å². The molecule has 0 radical (unpaired) electrons. The quantitative estimate of drug-likeness (QED) is 0.148. The number of rotatable bonds is 7. The number of hydrogen-bond acceptors (Lipinski definition) is 6. The zero-order valence-corrected chi connectivity index (χ0v) is 22.0. The van der Waals surface area contributed by atoms with Gasteiger partial charge in [0.2, 0.25) is 5.91 Å². The van der Waals surface area contributed by atoms with E-state index in [2.05, 4.69) is 5.32 Å². The number of para-hydroxylation sites is 2. The number of nitro groups is 1. The van der Waals surface area contributed by atoms with Crippen LogP contribution in [0.1, 0.15) is 23.7 Å². The van der Waals surface area contributed by atoms with E-state index in [0.29, 0.717) is 17.7 Å². The van der Waals surface area contributed by atoms with Crippen molar-refractivity contribution in [3.8, 4) is 0 Å². The molecular weight excluding hydrogens is 518 g/mol. The molecule has 0 fully saturated rings. The van der Waals surface area contributed by atoms with E-state index >= 15 is 0 Å². The van der Waals surface area contributed by atoms with E-state index in [1.807, 2.05) is 78.6 Å². The van der Waals surface area contributed by atoms with Crippen LogP contribution in [0.5, 0.6) is 0 Å². The van der Waals surface area contributed by atoms with Crippen LogP contribution >= 0.6 is 23.5 Å². The Morgan fingerprint density at radius 1 is 0.921 bits per heavy atom. The Bertz CT molecular complexity index is 1480. The van der Waals surface area contributed by atoms with Gasteiger partial charge in [-0.15, -0.1) is 11.8 Å². The van der Waals surface area contributed by atoms with Crippen LogP contribution in [0, 0.1) is 10.1 Å². The van der Waals surface area contributed by atoms with Crippen molar-refractivity contribution in [2.75, 3.05) is 10.2 Å². The van der Waals surface area contributed by atoms with Crippen molar-refractivity contribution in [1.82, 2.24) is 0 Å². The third-order valence-corrected chi connectivity index (χ3v) is 8.49. The van der Waals surface area contributed by atoms with E-state index in [1.54, 1.807) is 17.8 Å². The number of carbonyl (C=O) groups excluding carboxylic acids is 2. The number of fused-ring (bicyclic) bond motifs is 2. The third-order valence-electron chi connectivity index (χ3n) is 6.01. The molecule has 0 spiro atoms. The number of hydrogen-bond donors (Lipinski definition) is 1. The minimum absolute atomic E-state index is 0.00183. The number of amides is 2. The van der Waals surface area contributed by atoms with E-state index in [9.17, 15) is 19.7 Å². The lowest BCUT2D eigenvalue weighted by Gasteiger charge is -2.33. The van der Waals surface area contributed by atoms with Gasteiger partial charge in [0, 0.05) is 38.1 Å². The highest BCUT2D eigenvalue weighted by molar-refractivity contribution is 8.00. The van der Waals surface area contributed by atoms with Gasteiger partial charge in [-0.1, -0.05) is 49.0 Å². The Hall–Kier alpha value is -4.08. The van der Waals surface area contributed by atoms with Crippen molar-refractivity contribution >= 4 is 58.1 Å². The second-order valence-corrected chi connectivity index (χ2v) is 10.9. The molecule has 9 heteroatoms. The summed E-state index contributed by atoms with van der Waals surface area (Å²) in [6.07, 6.45) is 0.622. The number of benzene rings is 4. The molecule has 1 N–H and O–H groups in total. The molecule has 1 aliphatic heterocycles. The summed E-state index contributed by atoms with van der Waals surface area (Å²) < 4.78 is 0. The number of nitrogens with zero attached hydrogens (tertiary/aromatic N) is 2. The summed E-state index contributed by atoms with van der Waals surface area (Å²) in [6, 6.07) is 28.6. The van der Waals surface area contributed by atoms with Crippen molar-refractivity contribution in [2.45, 2.75) is 33.3 Å². The van der Waals surface area contributed by atoms with Gasteiger partial charge in [-0.05, 0) is 61.0 Å². The number of non-ortho nitro benzene ring substituents is 1. The Labute approximate surface area is 228 Å². The number of nitro benzene ring substituents is 1. The lowest BCUT2D eigenvalue weighted by atomic mass is 10.2. The van der Waals surface area contributed by atoms with Crippen LogP contribution in [-0.2, 0) is 4.79 Å². The molecule has 5 rings (SSSR count). The summed E-state index contributed by atoms with van der Waals surface area (Å²) in [4.78, 5) is 41.7. The molecule has 0 aromatic heterocycles. The fraction of sp³-hybridized carbons (Fsp3) is 0.103. The molecule has 1 unspecified atom stereocenters. The van der Waals surface area contributed by atoms with Crippen molar-refractivity contribution in [3.05, 3.63) is 113 Å². The molecule has 1 aliphatic rings. The van der Waals surface area contributed by atoms with Gasteiger partial charge in [-0.3, -0.25) is 24.6 Å². The molecule has 0 aliphatic carbocycles. The molecule has 38 heavy (non-hydrogen) atoms. The minimum atomic E-state index is -0.506. The first-order valence-corrected chi connectivity index (χ1v) is 13.7. The smallest absolute Gasteiger partial charge is 0.269 e. The van der Waals surface area contributed by atoms with Crippen LogP contribution in [0.25, 0.3) is 0 Å². The molecule has 7 nitrogen and oxygen atoms in total. The van der Waals surface area contributed by atoms with Crippen LogP contribution in [0.15, 0.2) is 112 Å². The predicted molar refractivity (Wildman–Crippen MR) is 152 cm³/mol. The van der Waals surface area contributed by atoms with Gasteiger partial charge in [0.05, 0.1) is 21.5 Å². The first-order chi connectivity index (χ1) is 18.4. The molecule has 1 atom stereocenters. The van der Waals surface area contributed by atoms with Gasteiger partial charge in [-0.25, -0.2) is 0 Å². The maximum Gasteiger partial charge on any atom is 0.269 e. The van der Waals surface area contributed by atoms with Crippen molar-refractivity contribution < 1.29 is 14.5 Å². The fourth-order valence-electron chi connectivity index (χ4n) is 4.14. The second kappa shape index (κ2) is 11.1. The first-order valence-electron chi connectivity index (χ1n) is 12.0. The Morgan fingerprint density at radius 2 is 1.55 bits per heavy atom. The summed E-state index contributed by atoms with van der Waals surface area (Å²) in [5.74, 6) is -0.373. The Kier molecular flexibility index (Phi) is 7.48. The highest BCUT2D eigenvalue weighted by Gasteiger charge is 2.32. The lowest BCUT2D eigenvalue weighted by molar-refractivity contribution is -0.384. The summed E-state index contributed by atoms with van der Waals surface area (Å²) in [5.41, 5.74) is 2.57. The topological polar surface area (TPSA) is 92.5 Å². The molecule has 4 aromatic rings. The van der Waals surface area contributed by atoms with E-state index in [4.69, 9.17) is 0 Å². The van der Waals surface area contributed by atoms with E-state index in [0.717, 1.165) is 26.1 Å². The van der Waals surface area contributed by atoms with Crippen LogP contribution in [-0.4, -0.2) is 22.0 Å². The highest BCUT2D eigenvalue weighted by Crippen LogP contribution is 2.48. The van der Waals surface area contributed by atoms with E-state index < -0.39 is 4.92 Å². The van der Waals surface area contributed by atoms with Crippen LogP contribution in [0.2, 0.25) is 0 Å². The van der Waals surface area contributed by atoms with Gasteiger partial charge in [0.25, 0.3) is 11.6 Å². The van der Waals surface area contributed by atoms with Crippen LogP contribution in [0.4, 0.5) is 22.7 Å². The molecule has 0 saturated carbocycles. The van der Waals surface area contributed by atoms with Gasteiger partial charge in [0.15, 0.2) is 0 Å². The third kappa shape index (κ3) is 5.29. The molecule has 4 aromatic carbocycles. The average molecular weight is 542 g/mol. The molecule has 0 saturated heterocycles. The number of thioether (sulfide) groups is 1. The first kappa shape index (κ1) is 25.6. The number of anilines is 3. The van der Waals surface area contributed by atoms with Crippen LogP contribution < -0.4 is 10.2 Å². The largest absolute Gasteiger partial charge is 0.322 e. The highest BCUT2D eigenvalue weighted by atomic mass is 32.2. The van der Waals surface area contributed by atoms with Gasteiger partial charge >= 0.3 is 0 Å². The monoisotopic (exact) mass is 541 g/mol. The summed E-state index contributed by atoms with van der Waals surface area (Å²) in [6.45, 7) is 1.99. The zero-order chi connectivity index (χ0) is 26.6. The molecule has 2 amide bonds. The molecule has 0 bridgehead atoms. The fourth-order valence-corrected chi connectivity index (χ4v) is 6.26. The predicted octanol–water partition coefficient (Wildman–Crippen LogP) is 7.55. The number of nitrogens with one attached hydrogen (secondary N) is 1. The molecule has 1 heterocycles. The lowest BCUT2D eigenvalue weighted by Crippen LogP contribution is -2.35. The van der Waals surface area contributed by atoms with Crippen molar-refractivity contribution in [2.24, 2.45) is 0 Å². The molecule has 190 valence electrons. The maximum absolute atomic E-state index is 14.0. The molecular formula is C29H23N3O4S2. The van der Waals surface area contributed by atoms with Gasteiger partial charge < -0.3 is 5.32 Å². The maximum atomic E-state index is 14.0. The van der Waals surface area contributed by atoms with Gasteiger partial charge in [-0.2, -0.15) is 0 Å². The van der Waals surface area contributed by atoms with Crippen molar-refractivity contribution in [1.29, 1.82) is 0 Å². The summed E-state index contributed by atoms with van der Waals surface area (Å²) >= 11 is 3.12. The minimum Gasteiger partial charge on any atom is -0.322 e. The normalized spacial score (nSPS) is 12.7. The summed E-state index contributed by atoms with van der Waals surface area (Å²) in [7, 11) is 0. The van der Waals surface area contributed by atoms with E-state index in [-0.39, 0.29) is 22.8 Å². The summed E-state index contributed by atoms with van der Waals surface area (Å²) in [5, 5.41) is 13.4. The van der Waals surface area contributed by atoms with E-state index in [1.165, 1.54) is 36.0 Å². The Balaban J connectivity index is 1.35.